The summed E-state index contributed by atoms with van der Waals surface area (Å²) in [7, 11) is 7.43. The molecular formula is C22H38O12. The van der Waals surface area contributed by atoms with Crippen LogP contribution in [0.25, 0.3) is 0 Å². The fourth-order valence-electron chi connectivity index (χ4n) is 4.76. The van der Waals surface area contributed by atoms with Crippen molar-refractivity contribution in [1.82, 2.24) is 0 Å². The summed E-state index contributed by atoms with van der Waals surface area (Å²) in [5.74, 6) is -1.05. The second-order valence-electron chi connectivity index (χ2n) is 8.38. The molecule has 12 nitrogen and oxygen atoms in total. The van der Waals surface area contributed by atoms with Gasteiger partial charge in [0.25, 0.3) is 0 Å². The molecule has 0 aromatic heterocycles. The third-order valence-electron chi connectivity index (χ3n) is 6.15. The van der Waals surface area contributed by atoms with Crippen molar-refractivity contribution in [1.29, 1.82) is 0 Å². The number of hydrogen-bond donors (Lipinski definition) is 0. The highest BCUT2D eigenvalue weighted by Gasteiger charge is 2.59. The van der Waals surface area contributed by atoms with E-state index < -0.39 is 72.8 Å². The van der Waals surface area contributed by atoms with Crippen molar-refractivity contribution >= 4 is 11.9 Å². The van der Waals surface area contributed by atoms with E-state index in [-0.39, 0.29) is 6.61 Å². The van der Waals surface area contributed by atoms with E-state index in [4.69, 9.17) is 47.4 Å². The molecular weight excluding hydrogens is 456 g/mol. The molecule has 0 amide bonds. The van der Waals surface area contributed by atoms with E-state index in [0.717, 1.165) is 0 Å². The van der Waals surface area contributed by atoms with Crippen LogP contribution < -0.4 is 0 Å². The zero-order valence-corrected chi connectivity index (χ0v) is 21.3. The summed E-state index contributed by atoms with van der Waals surface area (Å²) >= 11 is 0. The van der Waals surface area contributed by atoms with E-state index >= 15 is 0 Å². The van der Waals surface area contributed by atoms with Crippen molar-refractivity contribution in [3.05, 3.63) is 0 Å². The van der Waals surface area contributed by atoms with Crippen molar-refractivity contribution in [2.24, 2.45) is 0 Å². The van der Waals surface area contributed by atoms with Crippen LogP contribution in [0, 0.1) is 0 Å². The van der Waals surface area contributed by atoms with Gasteiger partial charge in [-0.25, -0.2) is 0 Å². The van der Waals surface area contributed by atoms with E-state index in [2.05, 4.69) is 0 Å². The maximum Gasteiger partial charge on any atom is 0.303 e. The van der Waals surface area contributed by atoms with Crippen LogP contribution in [0.2, 0.25) is 0 Å². The molecule has 10 atom stereocenters. The van der Waals surface area contributed by atoms with Crippen LogP contribution in [0.3, 0.4) is 0 Å². The van der Waals surface area contributed by atoms with Gasteiger partial charge in [0, 0.05) is 49.4 Å². The first kappa shape index (κ1) is 28.9. The second-order valence-corrected chi connectivity index (χ2v) is 8.38. The van der Waals surface area contributed by atoms with Gasteiger partial charge in [0.15, 0.2) is 18.7 Å². The van der Waals surface area contributed by atoms with Crippen LogP contribution in [0.15, 0.2) is 0 Å². The SMILES string of the molecule is CO[C@@H]1O[C@@H](C)[C@H](OC)[C@@](C)(O[C@@H]2O[C@H](COC(C)=O)[C@@H](OC)[C@H](OC)[C@H]2OC(C)=O)[C@H]1OC. The lowest BCUT2D eigenvalue weighted by atomic mass is 9.85. The number of rotatable bonds is 10. The minimum absolute atomic E-state index is 0.126. The normalized spacial score (nSPS) is 40.6. The Labute approximate surface area is 200 Å². The van der Waals surface area contributed by atoms with Gasteiger partial charge >= 0.3 is 11.9 Å². The third kappa shape index (κ3) is 6.05. The summed E-state index contributed by atoms with van der Waals surface area (Å²) in [4.78, 5) is 23.4. The Morgan fingerprint density at radius 2 is 1.38 bits per heavy atom. The van der Waals surface area contributed by atoms with Gasteiger partial charge in [-0.1, -0.05) is 0 Å². The summed E-state index contributed by atoms with van der Waals surface area (Å²) < 4.78 is 57.5. The molecule has 2 aliphatic rings. The van der Waals surface area contributed by atoms with Gasteiger partial charge in [-0.3, -0.25) is 9.59 Å². The lowest BCUT2D eigenvalue weighted by molar-refractivity contribution is -0.389. The number of ether oxygens (including phenoxy) is 10. The summed E-state index contributed by atoms with van der Waals surface area (Å²) in [5, 5.41) is 0. The van der Waals surface area contributed by atoms with E-state index in [9.17, 15) is 9.59 Å². The zero-order chi connectivity index (χ0) is 25.6. The largest absolute Gasteiger partial charge is 0.463 e. The van der Waals surface area contributed by atoms with Crippen LogP contribution in [0.4, 0.5) is 0 Å². The third-order valence-corrected chi connectivity index (χ3v) is 6.15. The van der Waals surface area contributed by atoms with Gasteiger partial charge in [0.1, 0.15) is 42.7 Å². The fourth-order valence-corrected chi connectivity index (χ4v) is 4.76. The minimum Gasteiger partial charge on any atom is -0.463 e. The first-order chi connectivity index (χ1) is 16.1. The highest BCUT2D eigenvalue weighted by Crippen LogP contribution is 2.40. The maximum absolute atomic E-state index is 12.0. The first-order valence-corrected chi connectivity index (χ1v) is 11.0. The molecule has 0 aromatic carbocycles. The molecule has 2 rings (SSSR count). The molecule has 0 unspecified atom stereocenters. The topological polar surface area (TPSA) is 126 Å². The predicted octanol–water partition coefficient (Wildman–Crippen LogP) is 0.433. The molecule has 0 saturated carbocycles. The smallest absolute Gasteiger partial charge is 0.303 e. The molecule has 2 aliphatic heterocycles. The molecule has 0 bridgehead atoms. The summed E-state index contributed by atoms with van der Waals surface area (Å²) in [6.07, 6.45) is -7.05. The average molecular weight is 495 g/mol. The number of methoxy groups -OCH3 is 5. The van der Waals surface area contributed by atoms with E-state index in [0.29, 0.717) is 0 Å². The number of hydrogen-bond acceptors (Lipinski definition) is 12. The van der Waals surface area contributed by atoms with E-state index in [1.54, 1.807) is 6.92 Å². The van der Waals surface area contributed by atoms with Crippen molar-refractivity contribution < 1.29 is 57.0 Å². The predicted molar refractivity (Wildman–Crippen MR) is 115 cm³/mol. The van der Waals surface area contributed by atoms with Gasteiger partial charge in [-0.05, 0) is 13.8 Å². The van der Waals surface area contributed by atoms with Crippen LogP contribution in [0.1, 0.15) is 27.7 Å². The molecule has 12 heteroatoms. The van der Waals surface area contributed by atoms with Crippen LogP contribution in [0.5, 0.6) is 0 Å². The Bertz CT molecular complexity index is 674. The summed E-state index contributed by atoms with van der Waals surface area (Å²) in [5.41, 5.74) is -1.19. The van der Waals surface area contributed by atoms with Crippen molar-refractivity contribution in [2.75, 3.05) is 42.2 Å². The zero-order valence-electron chi connectivity index (χ0n) is 21.3. The number of carbonyl (C=O) groups is 2. The number of carbonyl (C=O) groups excluding carboxylic acids is 2. The molecule has 0 aromatic rings. The Morgan fingerprint density at radius 1 is 0.765 bits per heavy atom. The molecule has 2 fully saturated rings. The Kier molecular flexibility index (Phi) is 10.6. The van der Waals surface area contributed by atoms with Gasteiger partial charge in [0.05, 0.1) is 6.10 Å². The van der Waals surface area contributed by atoms with E-state index in [1.165, 1.54) is 49.4 Å². The molecule has 2 heterocycles. The van der Waals surface area contributed by atoms with Crippen LogP contribution in [-0.2, 0) is 57.0 Å². The van der Waals surface area contributed by atoms with E-state index in [1.807, 2.05) is 6.92 Å². The first-order valence-electron chi connectivity index (χ1n) is 11.0. The average Bonchev–Trinajstić information content (AvgIpc) is 2.77. The lowest BCUT2D eigenvalue weighted by Crippen LogP contribution is -2.70. The van der Waals surface area contributed by atoms with Gasteiger partial charge in [-0.2, -0.15) is 0 Å². The minimum atomic E-state index is -1.19. The maximum atomic E-state index is 12.0. The second kappa shape index (κ2) is 12.5. The molecule has 0 spiro atoms. The Balaban J connectivity index is 2.48. The molecule has 198 valence electrons. The summed E-state index contributed by atoms with van der Waals surface area (Å²) in [6.45, 7) is 6.03. The number of esters is 2. The standard InChI is InChI=1S/C22H38O12/c1-11-18(27-7)22(4,19(28-8)21(29-9)31-11)34-20-17(32-13(3)24)16(26-6)15(25-5)14(33-20)10-30-12(2)23/h11,14-21H,10H2,1-9H3/t11-,14+,15+,16-,17+,18-,19-,20-,21+,22+/m0/s1. The Hall–Kier alpha value is -1.38. The Morgan fingerprint density at radius 3 is 1.85 bits per heavy atom. The molecule has 0 radical (unpaired) electrons. The monoisotopic (exact) mass is 494 g/mol. The highest BCUT2D eigenvalue weighted by molar-refractivity contribution is 5.66. The van der Waals surface area contributed by atoms with Crippen LogP contribution in [-0.4, -0.2) is 115 Å². The van der Waals surface area contributed by atoms with Crippen molar-refractivity contribution in [3.8, 4) is 0 Å². The molecule has 34 heavy (non-hydrogen) atoms. The van der Waals surface area contributed by atoms with Crippen molar-refractivity contribution in [3.63, 3.8) is 0 Å². The van der Waals surface area contributed by atoms with Crippen molar-refractivity contribution in [2.45, 2.75) is 88.6 Å². The molecule has 2 saturated heterocycles. The van der Waals surface area contributed by atoms with Gasteiger partial charge in [0.2, 0.25) is 0 Å². The molecule has 0 N–H and O–H groups in total. The quantitative estimate of drug-likeness (QED) is 0.391. The molecule has 0 aliphatic carbocycles. The summed E-state index contributed by atoms with van der Waals surface area (Å²) in [6, 6.07) is 0. The van der Waals surface area contributed by atoms with Gasteiger partial charge < -0.3 is 47.4 Å². The highest BCUT2D eigenvalue weighted by atomic mass is 16.8. The fraction of sp³-hybridized carbons (Fsp3) is 0.909. The van der Waals surface area contributed by atoms with Gasteiger partial charge in [-0.15, -0.1) is 0 Å². The lowest BCUT2D eigenvalue weighted by Gasteiger charge is -2.53. The van der Waals surface area contributed by atoms with Crippen LogP contribution >= 0.6 is 0 Å².